The fourth-order valence-electron chi connectivity index (χ4n) is 0.865. The van der Waals surface area contributed by atoms with Crippen LogP contribution >= 0.6 is 0 Å². The molecule has 0 radical (unpaired) electrons. The lowest BCUT2D eigenvalue weighted by Gasteiger charge is -2.14. The second-order valence-electron chi connectivity index (χ2n) is 2.70. The number of ether oxygens (including phenoxy) is 1. The molecule has 0 amide bonds. The van der Waals surface area contributed by atoms with Crippen molar-refractivity contribution in [1.29, 1.82) is 0 Å². The Bertz CT molecular complexity index is 184. The quantitative estimate of drug-likeness (QED) is 0.495. The molecule has 0 bridgehead atoms. The van der Waals surface area contributed by atoms with E-state index in [-0.39, 0.29) is 12.8 Å². The van der Waals surface area contributed by atoms with Crippen LogP contribution in [0.25, 0.3) is 0 Å². The normalized spacial score (nSPS) is 13.7. The van der Waals surface area contributed by atoms with Gasteiger partial charge in [0.15, 0.2) is 5.90 Å². The Kier molecular flexibility index (Phi) is 5.97. The van der Waals surface area contributed by atoms with Gasteiger partial charge in [0.25, 0.3) is 0 Å². The van der Waals surface area contributed by atoms with Crippen LogP contribution in [-0.2, 0) is 4.74 Å². The first-order valence-corrected chi connectivity index (χ1v) is 4.27. The number of aliphatic hydroxyl groups excluding tert-OH is 1. The number of methoxy groups -OCH3 is 1. The molecule has 13 heavy (non-hydrogen) atoms. The van der Waals surface area contributed by atoms with Gasteiger partial charge in [-0.15, -0.1) is 0 Å². The van der Waals surface area contributed by atoms with Crippen LogP contribution in [0.15, 0.2) is 17.3 Å². The highest BCUT2D eigenvalue weighted by molar-refractivity contribution is 5.75. The molecule has 0 fully saturated rings. The molecular formula is C9H18N2O2. The highest BCUT2D eigenvalue weighted by Gasteiger charge is 2.05. The van der Waals surface area contributed by atoms with Gasteiger partial charge >= 0.3 is 0 Å². The van der Waals surface area contributed by atoms with Crippen LogP contribution in [0, 0.1) is 0 Å². The third-order valence-electron chi connectivity index (χ3n) is 1.42. The Morgan fingerprint density at radius 2 is 2.31 bits per heavy atom. The first-order valence-electron chi connectivity index (χ1n) is 4.27. The van der Waals surface area contributed by atoms with Crippen molar-refractivity contribution in [1.82, 2.24) is 5.32 Å². The molecule has 2 N–H and O–H groups in total. The van der Waals surface area contributed by atoms with Crippen molar-refractivity contribution in [3.05, 3.63) is 12.3 Å². The number of hydrogen-bond acceptors (Lipinski definition) is 4. The number of aliphatic imine (C=N–C) groups is 1. The molecule has 1 atom stereocenters. The van der Waals surface area contributed by atoms with E-state index in [0.29, 0.717) is 12.3 Å². The van der Waals surface area contributed by atoms with Gasteiger partial charge in [0.2, 0.25) is 0 Å². The average molecular weight is 186 g/mol. The van der Waals surface area contributed by atoms with Gasteiger partial charge in [0.1, 0.15) is 6.17 Å². The minimum atomic E-state index is -0.354. The lowest BCUT2D eigenvalue weighted by Crippen LogP contribution is -2.30. The number of nitrogens with one attached hydrogen (secondary N) is 1. The number of rotatable bonds is 5. The van der Waals surface area contributed by atoms with Crippen molar-refractivity contribution < 1.29 is 9.84 Å². The molecule has 0 spiro atoms. The predicted octanol–water partition coefficient (Wildman–Crippen LogP) is 0.883. The van der Waals surface area contributed by atoms with Gasteiger partial charge < -0.3 is 15.2 Å². The first-order chi connectivity index (χ1) is 6.13. The van der Waals surface area contributed by atoms with Crippen LogP contribution < -0.4 is 5.32 Å². The average Bonchev–Trinajstić information content (AvgIpc) is 2.11. The summed E-state index contributed by atoms with van der Waals surface area (Å²) in [6.45, 7) is 7.36. The molecule has 1 unspecified atom stereocenters. The van der Waals surface area contributed by atoms with Gasteiger partial charge in [0.05, 0.1) is 13.7 Å². The summed E-state index contributed by atoms with van der Waals surface area (Å²) < 4.78 is 4.98. The Morgan fingerprint density at radius 3 is 2.62 bits per heavy atom. The maximum atomic E-state index is 8.95. The van der Waals surface area contributed by atoms with E-state index in [1.54, 1.807) is 7.11 Å². The van der Waals surface area contributed by atoms with Gasteiger partial charge in [-0.25, -0.2) is 4.99 Å². The maximum absolute atomic E-state index is 8.95. The second-order valence-corrected chi connectivity index (χ2v) is 2.70. The first kappa shape index (κ1) is 12.0. The largest absolute Gasteiger partial charge is 0.484 e. The Labute approximate surface area is 79.3 Å². The lowest BCUT2D eigenvalue weighted by molar-refractivity contribution is 0.250. The van der Waals surface area contributed by atoms with E-state index < -0.39 is 0 Å². The summed E-state index contributed by atoms with van der Waals surface area (Å²) in [7, 11) is 1.57. The molecule has 76 valence electrons. The SMILES string of the molecule is C=C(C)NC(CO)N=C(CC)OC. The number of hydrogen-bond donors (Lipinski definition) is 2. The zero-order valence-electron chi connectivity index (χ0n) is 8.50. The van der Waals surface area contributed by atoms with E-state index in [4.69, 9.17) is 9.84 Å². The van der Waals surface area contributed by atoms with Crippen LogP contribution in [0.5, 0.6) is 0 Å². The van der Waals surface area contributed by atoms with Crippen molar-refractivity contribution in [3.63, 3.8) is 0 Å². The summed E-state index contributed by atoms with van der Waals surface area (Å²) in [5.74, 6) is 0.618. The molecule has 0 aromatic heterocycles. The predicted molar refractivity (Wildman–Crippen MR) is 53.6 cm³/mol. The summed E-state index contributed by atoms with van der Waals surface area (Å²) in [6.07, 6.45) is 0.359. The van der Waals surface area contributed by atoms with Gasteiger partial charge in [-0.3, -0.25) is 0 Å². The molecule has 4 nitrogen and oxygen atoms in total. The maximum Gasteiger partial charge on any atom is 0.184 e. The van der Waals surface area contributed by atoms with E-state index in [0.717, 1.165) is 5.70 Å². The van der Waals surface area contributed by atoms with Gasteiger partial charge in [-0.1, -0.05) is 13.5 Å². The molecule has 4 heteroatoms. The fourth-order valence-corrected chi connectivity index (χ4v) is 0.865. The van der Waals surface area contributed by atoms with Crippen molar-refractivity contribution in [3.8, 4) is 0 Å². The van der Waals surface area contributed by atoms with Crippen LogP contribution in [0.1, 0.15) is 20.3 Å². The van der Waals surface area contributed by atoms with Crippen molar-refractivity contribution in [2.75, 3.05) is 13.7 Å². The smallest absolute Gasteiger partial charge is 0.184 e. The summed E-state index contributed by atoms with van der Waals surface area (Å²) in [5, 5.41) is 11.9. The van der Waals surface area contributed by atoms with Crippen LogP contribution in [0.3, 0.4) is 0 Å². The summed E-state index contributed by atoms with van der Waals surface area (Å²) in [6, 6.07) is 0. The molecule has 0 saturated carbocycles. The minimum Gasteiger partial charge on any atom is -0.484 e. The van der Waals surface area contributed by atoms with E-state index >= 15 is 0 Å². The Morgan fingerprint density at radius 1 is 1.69 bits per heavy atom. The Hall–Kier alpha value is -1.03. The molecular weight excluding hydrogens is 168 g/mol. The third kappa shape index (κ3) is 5.25. The minimum absolute atomic E-state index is 0.0697. The van der Waals surface area contributed by atoms with Gasteiger partial charge in [-0.05, 0) is 6.92 Å². The summed E-state index contributed by atoms with van der Waals surface area (Å²) in [5.41, 5.74) is 0.773. The standard InChI is InChI=1S/C9H18N2O2/c1-5-9(13-4)11-8(6-12)10-7(2)3/h8,10,12H,2,5-6H2,1,3-4H3. The number of allylic oxidation sites excluding steroid dienone is 1. The molecule has 0 heterocycles. The van der Waals surface area contributed by atoms with Crippen LogP contribution in [-0.4, -0.2) is 30.9 Å². The van der Waals surface area contributed by atoms with Gasteiger partial charge in [-0.2, -0.15) is 0 Å². The third-order valence-corrected chi connectivity index (χ3v) is 1.42. The van der Waals surface area contributed by atoms with Crippen molar-refractivity contribution in [2.45, 2.75) is 26.4 Å². The molecule has 0 aromatic carbocycles. The van der Waals surface area contributed by atoms with Crippen LogP contribution in [0.2, 0.25) is 0 Å². The monoisotopic (exact) mass is 186 g/mol. The zero-order chi connectivity index (χ0) is 10.3. The van der Waals surface area contributed by atoms with Crippen molar-refractivity contribution >= 4 is 5.90 Å². The molecule has 0 aromatic rings. The molecule has 0 rings (SSSR count). The van der Waals surface area contributed by atoms with Gasteiger partial charge in [0, 0.05) is 12.1 Å². The topological polar surface area (TPSA) is 53.8 Å². The summed E-state index contributed by atoms with van der Waals surface area (Å²) >= 11 is 0. The molecule has 0 aliphatic carbocycles. The highest BCUT2D eigenvalue weighted by atomic mass is 16.5. The van der Waals surface area contributed by atoms with E-state index in [1.807, 2.05) is 13.8 Å². The number of aliphatic hydroxyl groups is 1. The summed E-state index contributed by atoms with van der Waals surface area (Å²) in [4.78, 5) is 4.14. The number of nitrogens with zero attached hydrogens (tertiary/aromatic N) is 1. The van der Waals surface area contributed by atoms with E-state index in [2.05, 4.69) is 16.9 Å². The van der Waals surface area contributed by atoms with E-state index in [9.17, 15) is 0 Å². The highest BCUT2D eigenvalue weighted by Crippen LogP contribution is 1.94. The Balaban J connectivity index is 4.22. The van der Waals surface area contributed by atoms with E-state index in [1.165, 1.54) is 0 Å². The molecule has 0 saturated heterocycles. The lowest BCUT2D eigenvalue weighted by atomic mass is 10.4. The second kappa shape index (κ2) is 6.48. The molecule has 0 aliphatic heterocycles. The van der Waals surface area contributed by atoms with Crippen LogP contribution in [0.4, 0.5) is 0 Å². The molecule has 0 aliphatic rings. The van der Waals surface area contributed by atoms with Crippen molar-refractivity contribution in [2.24, 2.45) is 4.99 Å². The zero-order valence-corrected chi connectivity index (χ0v) is 8.50. The fraction of sp³-hybridized carbons (Fsp3) is 0.667.